The van der Waals surface area contributed by atoms with Crippen molar-refractivity contribution in [1.82, 2.24) is 0 Å². The average Bonchev–Trinajstić information content (AvgIpc) is 2.54. The van der Waals surface area contributed by atoms with Crippen molar-refractivity contribution < 1.29 is 19.4 Å². The minimum atomic E-state index is -0.335. The van der Waals surface area contributed by atoms with Crippen LogP contribution in [0.2, 0.25) is 0 Å². The van der Waals surface area contributed by atoms with E-state index >= 15 is 0 Å². The van der Waals surface area contributed by atoms with Gasteiger partial charge in [0.15, 0.2) is 11.6 Å². The van der Waals surface area contributed by atoms with Gasteiger partial charge < -0.3 is 15.2 Å². The minimum absolute atomic E-state index is 0.0612. The number of hydrogen-bond donors (Lipinski definition) is 2. The summed E-state index contributed by atoms with van der Waals surface area (Å²) in [5, 5.41) is 13.1. The summed E-state index contributed by atoms with van der Waals surface area (Å²) in [4.78, 5) is 25.3. The standard InChI is InChI=1S/C17H15NO4/c1-22-9-8-18-12-6-7-13(19)15-14(12)16(20)10-4-2-3-5-11(10)17(15)21/h2-7,18-19H,8-9H2,1H3. The Morgan fingerprint density at radius 3 is 2.27 bits per heavy atom. The van der Waals surface area contributed by atoms with Crippen molar-refractivity contribution in [3.63, 3.8) is 0 Å². The Hall–Kier alpha value is -2.66. The number of benzene rings is 2. The van der Waals surface area contributed by atoms with Crippen LogP contribution in [-0.2, 0) is 4.74 Å². The van der Waals surface area contributed by atoms with E-state index in [1.807, 2.05) is 0 Å². The van der Waals surface area contributed by atoms with E-state index < -0.39 is 0 Å². The van der Waals surface area contributed by atoms with Crippen LogP contribution in [0.15, 0.2) is 36.4 Å². The summed E-state index contributed by atoms with van der Waals surface area (Å²) in [6.45, 7) is 0.963. The van der Waals surface area contributed by atoms with Crippen molar-refractivity contribution in [3.8, 4) is 5.75 Å². The quantitative estimate of drug-likeness (QED) is 0.570. The molecule has 0 spiro atoms. The Morgan fingerprint density at radius 2 is 1.64 bits per heavy atom. The van der Waals surface area contributed by atoms with Crippen LogP contribution in [0.5, 0.6) is 5.75 Å². The van der Waals surface area contributed by atoms with Gasteiger partial charge in [-0.1, -0.05) is 24.3 Å². The first-order valence-electron chi connectivity index (χ1n) is 6.92. The largest absolute Gasteiger partial charge is 0.507 e. The van der Waals surface area contributed by atoms with Gasteiger partial charge in [0.05, 0.1) is 17.7 Å². The summed E-state index contributed by atoms with van der Waals surface area (Å²) in [6.07, 6.45) is 0. The number of rotatable bonds is 4. The highest BCUT2D eigenvalue weighted by molar-refractivity contribution is 6.31. The molecule has 0 radical (unpaired) electrons. The summed E-state index contributed by atoms with van der Waals surface area (Å²) < 4.78 is 4.97. The molecule has 0 saturated carbocycles. The third-order valence-corrected chi connectivity index (χ3v) is 3.68. The number of anilines is 1. The number of ether oxygens (including phenoxy) is 1. The second-order valence-corrected chi connectivity index (χ2v) is 5.01. The molecule has 5 heteroatoms. The Bertz CT molecular complexity index is 767. The molecule has 0 fully saturated rings. The number of nitrogens with one attached hydrogen (secondary N) is 1. The predicted octanol–water partition coefficient (Wildman–Crippen LogP) is 2.23. The molecule has 2 aromatic carbocycles. The zero-order valence-electron chi connectivity index (χ0n) is 12.1. The maximum Gasteiger partial charge on any atom is 0.198 e. The fourth-order valence-corrected chi connectivity index (χ4v) is 2.64. The lowest BCUT2D eigenvalue weighted by Crippen LogP contribution is -2.23. The van der Waals surface area contributed by atoms with Crippen LogP contribution in [0.25, 0.3) is 0 Å². The van der Waals surface area contributed by atoms with Crippen molar-refractivity contribution in [2.24, 2.45) is 0 Å². The van der Waals surface area contributed by atoms with Crippen LogP contribution in [0.4, 0.5) is 5.69 Å². The van der Waals surface area contributed by atoms with E-state index in [4.69, 9.17) is 4.74 Å². The first-order chi connectivity index (χ1) is 10.6. The molecule has 0 aliphatic heterocycles. The smallest absolute Gasteiger partial charge is 0.198 e. The highest BCUT2D eigenvalue weighted by Crippen LogP contribution is 2.36. The Morgan fingerprint density at radius 1 is 1.00 bits per heavy atom. The summed E-state index contributed by atoms with van der Waals surface area (Å²) >= 11 is 0. The van der Waals surface area contributed by atoms with E-state index in [1.165, 1.54) is 6.07 Å². The van der Waals surface area contributed by atoms with Crippen LogP contribution in [0.1, 0.15) is 31.8 Å². The fourth-order valence-electron chi connectivity index (χ4n) is 2.64. The Labute approximate surface area is 127 Å². The minimum Gasteiger partial charge on any atom is -0.507 e. The zero-order chi connectivity index (χ0) is 15.7. The first kappa shape index (κ1) is 14.3. The molecule has 3 rings (SSSR count). The third kappa shape index (κ3) is 2.16. The van der Waals surface area contributed by atoms with E-state index in [0.29, 0.717) is 30.0 Å². The van der Waals surface area contributed by atoms with Crippen molar-refractivity contribution in [2.75, 3.05) is 25.6 Å². The molecule has 0 saturated heterocycles. The zero-order valence-corrected chi connectivity index (χ0v) is 12.1. The number of phenolic OH excluding ortho intramolecular Hbond substituents is 1. The van der Waals surface area contributed by atoms with Crippen LogP contribution in [-0.4, -0.2) is 36.9 Å². The maximum atomic E-state index is 12.7. The number of carbonyl (C=O) groups excluding carboxylic acids is 2. The van der Waals surface area contributed by atoms with E-state index in [1.54, 1.807) is 37.4 Å². The average molecular weight is 297 g/mol. The summed E-state index contributed by atoms with van der Waals surface area (Å²) in [5.41, 5.74) is 1.49. The summed E-state index contributed by atoms with van der Waals surface area (Å²) in [7, 11) is 1.58. The second-order valence-electron chi connectivity index (χ2n) is 5.01. The number of fused-ring (bicyclic) bond motifs is 2. The number of ketones is 2. The molecular weight excluding hydrogens is 282 g/mol. The molecule has 0 atom stereocenters. The van der Waals surface area contributed by atoms with Crippen molar-refractivity contribution in [1.29, 1.82) is 0 Å². The highest BCUT2D eigenvalue weighted by atomic mass is 16.5. The van der Waals surface area contributed by atoms with Crippen LogP contribution < -0.4 is 5.32 Å². The normalized spacial score (nSPS) is 12.8. The van der Waals surface area contributed by atoms with Gasteiger partial charge >= 0.3 is 0 Å². The molecule has 0 heterocycles. The van der Waals surface area contributed by atoms with Gasteiger partial charge in [-0.05, 0) is 12.1 Å². The topological polar surface area (TPSA) is 75.6 Å². The van der Waals surface area contributed by atoms with E-state index in [2.05, 4.69) is 5.32 Å². The molecular formula is C17H15NO4. The number of methoxy groups -OCH3 is 1. The summed E-state index contributed by atoms with van der Waals surface area (Å²) in [5.74, 6) is -0.778. The van der Waals surface area contributed by atoms with E-state index in [9.17, 15) is 14.7 Å². The van der Waals surface area contributed by atoms with Crippen LogP contribution in [0.3, 0.4) is 0 Å². The van der Waals surface area contributed by atoms with E-state index in [0.717, 1.165) is 0 Å². The van der Waals surface area contributed by atoms with Crippen molar-refractivity contribution in [3.05, 3.63) is 58.7 Å². The maximum absolute atomic E-state index is 12.7. The predicted molar refractivity (Wildman–Crippen MR) is 81.8 cm³/mol. The Kier molecular flexibility index (Phi) is 3.65. The molecule has 2 N–H and O–H groups in total. The fraction of sp³-hybridized carbons (Fsp3) is 0.176. The molecule has 1 aliphatic rings. The van der Waals surface area contributed by atoms with Gasteiger partial charge in [0.1, 0.15) is 5.75 Å². The highest BCUT2D eigenvalue weighted by Gasteiger charge is 2.33. The molecule has 0 unspecified atom stereocenters. The molecule has 0 bridgehead atoms. The third-order valence-electron chi connectivity index (χ3n) is 3.68. The van der Waals surface area contributed by atoms with Gasteiger partial charge in [-0.15, -0.1) is 0 Å². The number of aromatic hydroxyl groups is 1. The van der Waals surface area contributed by atoms with Crippen molar-refractivity contribution in [2.45, 2.75) is 0 Å². The van der Waals surface area contributed by atoms with Crippen molar-refractivity contribution >= 4 is 17.3 Å². The molecule has 0 amide bonds. The second kappa shape index (κ2) is 5.61. The van der Waals surface area contributed by atoms with Gasteiger partial charge in [0.25, 0.3) is 0 Å². The Balaban J connectivity index is 2.14. The monoisotopic (exact) mass is 297 g/mol. The van der Waals surface area contributed by atoms with E-state index in [-0.39, 0.29) is 28.4 Å². The van der Waals surface area contributed by atoms with Gasteiger partial charge in [-0.2, -0.15) is 0 Å². The van der Waals surface area contributed by atoms with Gasteiger partial charge in [-0.3, -0.25) is 9.59 Å². The lowest BCUT2D eigenvalue weighted by atomic mass is 9.82. The van der Waals surface area contributed by atoms with Gasteiger partial charge in [-0.25, -0.2) is 0 Å². The van der Waals surface area contributed by atoms with Gasteiger partial charge in [0.2, 0.25) is 0 Å². The molecule has 1 aliphatic carbocycles. The lowest BCUT2D eigenvalue weighted by Gasteiger charge is -2.21. The molecule has 2 aromatic rings. The van der Waals surface area contributed by atoms with Crippen LogP contribution >= 0.6 is 0 Å². The molecule has 5 nitrogen and oxygen atoms in total. The first-order valence-corrected chi connectivity index (χ1v) is 6.92. The molecule has 0 aromatic heterocycles. The number of carbonyl (C=O) groups is 2. The molecule has 22 heavy (non-hydrogen) atoms. The molecule has 112 valence electrons. The summed E-state index contributed by atoms with van der Waals surface area (Å²) in [6, 6.07) is 9.67. The SMILES string of the molecule is COCCNc1ccc(O)c2c1C(=O)c1ccccc1C2=O. The van der Waals surface area contributed by atoms with Gasteiger partial charge in [0, 0.05) is 30.5 Å². The van der Waals surface area contributed by atoms with Crippen LogP contribution in [0, 0.1) is 0 Å². The number of hydrogen-bond acceptors (Lipinski definition) is 5. The lowest BCUT2D eigenvalue weighted by molar-refractivity contribution is 0.0977. The number of phenols is 1.